The van der Waals surface area contributed by atoms with Gasteiger partial charge in [0.15, 0.2) is 11.6 Å². The Labute approximate surface area is 250 Å². The Morgan fingerprint density at radius 2 is 1.19 bits per heavy atom. The number of aromatic nitrogens is 2. The summed E-state index contributed by atoms with van der Waals surface area (Å²) in [6.07, 6.45) is -4.99. The molecule has 3 aromatic heterocycles. The summed E-state index contributed by atoms with van der Waals surface area (Å²) in [7, 11) is 0. The van der Waals surface area contributed by atoms with E-state index in [1.807, 2.05) is 24.3 Å². The monoisotopic (exact) mass is 644 g/mol. The highest BCUT2D eigenvalue weighted by Crippen LogP contribution is 2.54. The third kappa shape index (κ3) is 4.73. The van der Waals surface area contributed by atoms with Crippen LogP contribution in [0.4, 0.5) is 33.3 Å². The van der Waals surface area contributed by atoms with E-state index in [0.29, 0.717) is 38.4 Å². The van der Waals surface area contributed by atoms with Crippen LogP contribution in [0, 0.1) is 18.6 Å². The van der Waals surface area contributed by atoms with Crippen molar-refractivity contribution < 1.29 is 26.7 Å². The Kier molecular flexibility index (Phi) is 6.53. The second-order valence-corrected chi connectivity index (χ2v) is 12.4. The molecule has 0 radical (unpaired) electrons. The van der Waals surface area contributed by atoms with E-state index in [-0.39, 0.29) is 5.82 Å². The highest BCUT2D eigenvalue weighted by Gasteiger charge is 2.32. The van der Waals surface area contributed by atoms with Crippen molar-refractivity contribution in [1.82, 2.24) is 8.75 Å². The number of thiophene rings is 2. The SMILES string of the molecule is Cc1ccc(-c2ccc(-c3c4c(c(-c5ccc(-c6ccc(OC(F)(F)F)c(F)c6)s5)c5nsnc35)N=S=N4)s2)cc1F. The van der Waals surface area contributed by atoms with Gasteiger partial charge in [0.25, 0.3) is 0 Å². The van der Waals surface area contributed by atoms with Gasteiger partial charge in [-0.05, 0) is 72.1 Å². The Balaban J connectivity index is 1.30. The summed E-state index contributed by atoms with van der Waals surface area (Å²) in [5.74, 6) is -2.29. The molecule has 0 aliphatic carbocycles. The first-order valence-electron chi connectivity index (χ1n) is 12.1. The highest BCUT2D eigenvalue weighted by molar-refractivity contribution is 7.58. The molecule has 0 saturated carbocycles. The maximum absolute atomic E-state index is 14.4. The van der Waals surface area contributed by atoms with Crippen molar-refractivity contribution in [2.24, 2.45) is 8.73 Å². The minimum atomic E-state index is -4.99. The molecule has 1 aliphatic rings. The van der Waals surface area contributed by atoms with Gasteiger partial charge in [0.05, 0.1) is 23.1 Å². The molecule has 0 unspecified atom stereocenters. The summed E-state index contributed by atoms with van der Waals surface area (Å²) >= 11 is 4.92. The fourth-order valence-corrected chi connectivity index (χ4v) is 7.80. The normalized spacial score (nSPS) is 12.6. The van der Waals surface area contributed by atoms with E-state index in [1.54, 1.807) is 19.1 Å². The fraction of sp³-hybridized carbons (Fsp3) is 0.0714. The molecule has 42 heavy (non-hydrogen) atoms. The fourth-order valence-electron chi connectivity index (χ4n) is 4.59. The number of aryl methyl sites for hydroxylation is 1. The molecule has 0 amide bonds. The molecule has 3 aromatic carbocycles. The molecule has 6 aromatic rings. The van der Waals surface area contributed by atoms with Gasteiger partial charge in [0.2, 0.25) is 0 Å². The van der Waals surface area contributed by atoms with E-state index < -0.39 is 17.9 Å². The molecule has 0 atom stereocenters. The first kappa shape index (κ1) is 27.0. The Hall–Kier alpha value is -3.85. The largest absolute Gasteiger partial charge is 0.573 e. The zero-order valence-electron chi connectivity index (χ0n) is 21.0. The lowest BCUT2D eigenvalue weighted by Gasteiger charge is -2.10. The van der Waals surface area contributed by atoms with Crippen molar-refractivity contribution in [3.05, 3.63) is 77.9 Å². The van der Waals surface area contributed by atoms with Crippen LogP contribution in [0.5, 0.6) is 5.75 Å². The van der Waals surface area contributed by atoms with Crippen molar-refractivity contribution in [3.63, 3.8) is 0 Å². The average molecular weight is 645 g/mol. The minimum absolute atomic E-state index is 0.271. The summed E-state index contributed by atoms with van der Waals surface area (Å²) < 4.78 is 88.5. The smallest absolute Gasteiger partial charge is 0.403 e. The number of alkyl halides is 3. The van der Waals surface area contributed by atoms with Crippen LogP contribution in [0.2, 0.25) is 0 Å². The quantitative estimate of drug-likeness (QED) is 0.175. The van der Waals surface area contributed by atoms with Crippen molar-refractivity contribution in [2.45, 2.75) is 13.3 Å². The number of halogens is 5. The minimum Gasteiger partial charge on any atom is -0.403 e. The van der Waals surface area contributed by atoms with E-state index in [1.165, 1.54) is 34.8 Å². The molecular weight excluding hydrogens is 632 g/mol. The zero-order valence-corrected chi connectivity index (χ0v) is 24.3. The molecule has 1 aliphatic heterocycles. The van der Waals surface area contributed by atoms with Gasteiger partial charge in [-0.3, -0.25) is 0 Å². The number of hydrogen-bond acceptors (Lipinski definition) is 8. The third-order valence-electron chi connectivity index (χ3n) is 6.53. The first-order valence-corrected chi connectivity index (χ1v) is 15.2. The Morgan fingerprint density at radius 1 is 0.667 bits per heavy atom. The van der Waals surface area contributed by atoms with E-state index in [0.717, 1.165) is 66.5 Å². The summed E-state index contributed by atoms with van der Waals surface area (Å²) in [5.41, 5.74) is 5.79. The number of ether oxygens (including phenoxy) is 1. The molecule has 0 spiro atoms. The van der Waals surface area contributed by atoms with E-state index in [4.69, 9.17) is 0 Å². The summed E-state index contributed by atoms with van der Waals surface area (Å²) in [6, 6.07) is 16.0. The third-order valence-corrected chi connectivity index (χ3v) is 9.89. The maximum Gasteiger partial charge on any atom is 0.573 e. The van der Waals surface area contributed by atoms with Crippen LogP contribution in [0.25, 0.3) is 52.8 Å². The van der Waals surface area contributed by atoms with Crippen LogP contribution >= 0.6 is 34.4 Å². The van der Waals surface area contributed by atoms with Crippen LogP contribution in [0.3, 0.4) is 0 Å². The highest BCUT2D eigenvalue weighted by atomic mass is 32.1. The zero-order chi connectivity index (χ0) is 29.2. The average Bonchev–Trinajstić information content (AvgIpc) is 3.76. The predicted octanol–water partition coefficient (Wildman–Crippen LogP) is 10.7. The van der Waals surface area contributed by atoms with Gasteiger partial charge in [-0.25, -0.2) is 8.78 Å². The van der Waals surface area contributed by atoms with Crippen LogP contribution in [-0.2, 0) is 11.4 Å². The second-order valence-electron chi connectivity index (χ2n) is 9.16. The van der Waals surface area contributed by atoms with E-state index >= 15 is 0 Å². The lowest BCUT2D eigenvalue weighted by molar-refractivity contribution is -0.275. The van der Waals surface area contributed by atoms with Crippen LogP contribution < -0.4 is 4.74 Å². The number of nitrogens with zero attached hydrogens (tertiary/aromatic N) is 4. The predicted molar refractivity (Wildman–Crippen MR) is 158 cm³/mol. The summed E-state index contributed by atoms with van der Waals surface area (Å²) in [4.78, 5) is 3.18. The lowest BCUT2D eigenvalue weighted by atomic mass is 10.0. The van der Waals surface area contributed by atoms with Gasteiger partial charge < -0.3 is 4.74 Å². The number of fused-ring (bicyclic) bond motifs is 2. The molecule has 0 N–H and O–H groups in total. The van der Waals surface area contributed by atoms with Gasteiger partial charge in [-0.2, -0.15) is 17.5 Å². The van der Waals surface area contributed by atoms with Crippen LogP contribution in [0.1, 0.15) is 5.56 Å². The summed E-state index contributed by atoms with van der Waals surface area (Å²) in [6.45, 7) is 1.72. The van der Waals surface area contributed by atoms with Gasteiger partial charge in [-0.15, -0.1) is 35.8 Å². The molecule has 0 bridgehead atoms. The molecule has 210 valence electrons. The standard InChI is InChI=1S/C28H13F5N4OS4/c1-12-2-3-13(10-15(12)29)18-6-8-20(39-18)22-24-26(36-41-34-24)23(27-25(22)35-42-37-27)21-9-7-19(40-21)14-4-5-17(16(30)11-14)38-28(31,32)33/h2-11H,1H3. The molecule has 5 nitrogen and oxygen atoms in total. The molecule has 0 fully saturated rings. The van der Waals surface area contributed by atoms with Crippen LogP contribution in [-0.4, -0.2) is 15.1 Å². The molecule has 4 heterocycles. The van der Waals surface area contributed by atoms with Gasteiger partial charge in [-0.1, -0.05) is 12.1 Å². The first-order chi connectivity index (χ1) is 20.2. The maximum atomic E-state index is 14.4. The van der Waals surface area contributed by atoms with Gasteiger partial charge >= 0.3 is 6.36 Å². The van der Waals surface area contributed by atoms with Crippen molar-refractivity contribution in [1.29, 1.82) is 0 Å². The van der Waals surface area contributed by atoms with Gasteiger partial charge in [0, 0.05) is 30.6 Å². The number of rotatable bonds is 5. The van der Waals surface area contributed by atoms with Crippen molar-refractivity contribution >= 4 is 68.2 Å². The molecular formula is C28H13F5N4OS4. The van der Waals surface area contributed by atoms with Gasteiger partial charge in [0.1, 0.15) is 28.2 Å². The summed E-state index contributed by atoms with van der Waals surface area (Å²) in [5, 5.41) is 0. The van der Waals surface area contributed by atoms with Crippen molar-refractivity contribution in [2.75, 3.05) is 0 Å². The van der Waals surface area contributed by atoms with E-state index in [2.05, 4.69) is 22.2 Å². The lowest BCUT2D eigenvalue weighted by Crippen LogP contribution is -2.17. The molecule has 14 heteroatoms. The van der Waals surface area contributed by atoms with Crippen LogP contribution in [0.15, 0.2) is 69.4 Å². The molecule has 7 rings (SSSR count). The van der Waals surface area contributed by atoms with Crippen molar-refractivity contribution in [3.8, 4) is 47.5 Å². The molecule has 0 saturated heterocycles. The Morgan fingerprint density at radius 3 is 1.71 bits per heavy atom. The second kappa shape index (κ2) is 10.2. The topological polar surface area (TPSA) is 59.7 Å². The number of hydrogen-bond donors (Lipinski definition) is 0. The number of benzene rings is 3. The Bertz CT molecular complexity index is 2110. The van der Waals surface area contributed by atoms with E-state index in [9.17, 15) is 22.0 Å².